The van der Waals surface area contributed by atoms with Crippen LogP contribution in [0.3, 0.4) is 0 Å². The average molecular weight is 511 g/mol. The van der Waals surface area contributed by atoms with Crippen LogP contribution in [0.15, 0.2) is 99.4 Å². The Bertz CT molecular complexity index is 1240. The highest BCUT2D eigenvalue weighted by molar-refractivity contribution is 7.99. The van der Waals surface area contributed by atoms with Crippen LogP contribution in [0, 0.1) is 0 Å². The van der Waals surface area contributed by atoms with Crippen molar-refractivity contribution < 1.29 is 9.53 Å². The van der Waals surface area contributed by atoms with Gasteiger partial charge in [0.05, 0.1) is 5.56 Å². The van der Waals surface area contributed by atoms with Gasteiger partial charge in [0.2, 0.25) is 0 Å². The molecule has 4 rings (SSSR count). The van der Waals surface area contributed by atoms with Crippen LogP contribution in [-0.4, -0.2) is 11.0 Å². The maximum Gasteiger partial charge on any atom is 0.259 e. The first kappa shape index (κ1) is 23.3. The zero-order valence-corrected chi connectivity index (χ0v) is 20.5. The number of ether oxygens (including phenoxy) is 1. The van der Waals surface area contributed by atoms with Gasteiger partial charge < -0.3 is 10.1 Å². The summed E-state index contributed by atoms with van der Waals surface area (Å²) in [6, 6.07) is 24.9. The summed E-state index contributed by atoms with van der Waals surface area (Å²) in [6.07, 6.45) is 0. The van der Waals surface area contributed by atoms with E-state index in [4.69, 9.17) is 28.6 Å². The molecule has 0 saturated carbocycles. The van der Waals surface area contributed by atoms with E-state index >= 15 is 0 Å². The molecule has 1 amide bonds. The molecular weight excluding hydrogens is 492 g/mol. The maximum absolute atomic E-state index is 12.8. The van der Waals surface area contributed by atoms with Crippen molar-refractivity contribution >= 4 is 63.6 Å². The van der Waals surface area contributed by atoms with Crippen molar-refractivity contribution in [3.63, 3.8) is 0 Å². The highest BCUT2D eigenvalue weighted by Crippen LogP contribution is 2.33. The lowest BCUT2D eigenvalue weighted by Gasteiger charge is -2.12. The van der Waals surface area contributed by atoms with Crippen LogP contribution in [0.4, 0.5) is 5.69 Å². The Morgan fingerprint density at radius 2 is 1.79 bits per heavy atom. The Labute approximate surface area is 210 Å². The molecule has 33 heavy (non-hydrogen) atoms. The van der Waals surface area contributed by atoms with E-state index in [1.807, 2.05) is 89.6 Å². The first-order valence-electron chi connectivity index (χ1n) is 9.95. The standard InChI is InChI=1S/C25H19ClN2O2S3/c26-18-9-11-21(12-10-18)33-23-16-32-15-22(23)24(29)28-25(31)27-19-7-4-8-20(13-19)30-14-17-5-2-1-3-6-17/h1-13,15-16H,14H2,(H2,27,28,29,31). The van der Waals surface area contributed by atoms with Crippen molar-refractivity contribution in [3.05, 3.63) is 106 Å². The Balaban J connectivity index is 1.34. The van der Waals surface area contributed by atoms with Gasteiger partial charge in [0, 0.05) is 37.3 Å². The number of anilines is 1. The van der Waals surface area contributed by atoms with E-state index < -0.39 is 0 Å². The molecule has 4 aromatic rings. The highest BCUT2D eigenvalue weighted by Gasteiger charge is 2.15. The fraction of sp³-hybridized carbons (Fsp3) is 0.0400. The molecule has 3 aromatic carbocycles. The third-order valence-electron chi connectivity index (χ3n) is 4.48. The summed E-state index contributed by atoms with van der Waals surface area (Å²) in [6.45, 7) is 0.470. The Morgan fingerprint density at radius 1 is 1.00 bits per heavy atom. The number of thiophene rings is 1. The summed E-state index contributed by atoms with van der Waals surface area (Å²) in [5.74, 6) is 0.444. The molecule has 0 fully saturated rings. The number of hydrogen-bond acceptors (Lipinski definition) is 5. The van der Waals surface area contributed by atoms with Gasteiger partial charge in [0.1, 0.15) is 12.4 Å². The maximum atomic E-state index is 12.8. The number of amides is 1. The molecule has 0 spiro atoms. The smallest absolute Gasteiger partial charge is 0.259 e. The van der Waals surface area contributed by atoms with Crippen LogP contribution < -0.4 is 15.4 Å². The lowest BCUT2D eigenvalue weighted by atomic mass is 10.2. The lowest BCUT2D eigenvalue weighted by molar-refractivity contribution is 0.0975. The minimum atomic E-state index is -0.262. The molecule has 8 heteroatoms. The molecule has 0 saturated heterocycles. The zero-order valence-electron chi connectivity index (χ0n) is 17.3. The average Bonchev–Trinajstić information content (AvgIpc) is 3.28. The van der Waals surface area contributed by atoms with Gasteiger partial charge >= 0.3 is 0 Å². The quantitative estimate of drug-likeness (QED) is 0.256. The molecule has 0 radical (unpaired) electrons. The Hall–Kier alpha value is -2.84. The van der Waals surface area contributed by atoms with Gasteiger partial charge in [-0.1, -0.05) is 59.8 Å². The van der Waals surface area contributed by atoms with Gasteiger partial charge in [-0.25, -0.2) is 0 Å². The lowest BCUT2D eigenvalue weighted by Crippen LogP contribution is -2.34. The molecule has 166 valence electrons. The molecular formula is C25H19ClN2O2S3. The molecule has 0 unspecified atom stereocenters. The minimum absolute atomic E-state index is 0.217. The van der Waals surface area contributed by atoms with Crippen LogP contribution in [0.5, 0.6) is 5.75 Å². The third kappa shape index (κ3) is 6.82. The van der Waals surface area contributed by atoms with Crippen molar-refractivity contribution in [2.24, 2.45) is 0 Å². The van der Waals surface area contributed by atoms with Gasteiger partial charge in [-0.05, 0) is 54.2 Å². The number of halogens is 1. The Morgan fingerprint density at radius 3 is 2.58 bits per heavy atom. The highest BCUT2D eigenvalue weighted by atomic mass is 35.5. The van der Waals surface area contributed by atoms with E-state index in [1.54, 1.807) is 0 Å². The van der Waals surface area contributed by atoms with E-state index in [2.05, 4.69) is 10.6 Å². The van der Waals surface area contributed by atoms with E-state index in [0.29, 0.717) is 22.9 Å². The van der Waals surface area contributed by atoms with Crippen LogP contribution >= 0.6 is 46.9 Å². The summed E-state index contributed by atoms with van der Waals surface area (Å²) in [5.41, 5.74) is 2.39. The van der Waals surface area contributed by atoms with E-state index in [-0.39, 0.29) is 11.0 Å². The molecule has 0 aliphatic rings. The van der Waals surface area contributed by atoms with Crippen LogP contribution in [0.1, 0.15) is 15.9 Å². The van der Waals surface area contributed by atoms with Crippen LogP contribution in [-0.2, 0) is 6.61 Å². The molecule has 0 aliphatic carbocycles. The molecule has 0 aliphatic heterocycles. The second-order valence-electron chi connectivity index (χ2n) is 6.92. The Kier molecular flexibility index (Phi) is 8.01. The van der Waals surface area contributed by atoms with Gasteiger partial charge in [-0.3, -0.25) is 10.1 Å². The van der Waals surface area contributed by atoms with Crippen molar-refractivity contribution in [1.29, 1.82) is 0 Å². The zero-order chi connectivity index (χ0) is 23.0. The van der Waals surface area contributed by atoms with Crippen molar-refractivity contribution in [3.8, 4) is 5.75 Å². The monoisotopic (exact) mass is 510 g/mol. The number of rotatable bonds is 7. The van der Waals surface area contributed by atoms with E-state index in [0.717, 1.165) is 21.0 Å². The second-order valence-corrected chi connectivity index (χ2v) is 9.62. The molecule has 4 nitrogen and oxygen atoms in total. The first-order valence-corrected chi connectivity index (χ1v) is 12.5. The predicted molar refractivity (Wildman–Crippen MR) is 141 cm³/mol. The summed E-state index contributed by atoms with van der Waals surface area (Å²) < 4.78 is 5.85. The molecule has 1 heterocycles. The summed E-state index contributed by atoms with van der Waals surface area (Å²) in [5, 5.41) is 10.5. The van der Waals surface area contributed by atoms with Gasteiger partial charge in [0.15, 0.2) is 5.11 Å². The molecule has 0 bridgehead atoms. The summed E-state index contributed by atoms with van der Waals surface area (Å²) in [4.78, 5) is 14.7. The van der Waals surface area contributed by atoms with Crippen molar-refractivity contribution in [1.82, 2.24) is 5.32 Å². The largest absolute Gasteiger partial charge is 0.489 e. The fourth-order valence-electron chi connectivity index (χ4n) is 2.90. The molecule has 2 N–H and O–H groups in total. The van der Waals surface area contributed by atoms with E-state index in [1.165, 1.54) is 23.1 Å². The van der Waals surface area contributed by atoms with Gasteiger partial charge in [-0.2, -0.15) is 11.3 Å². The SMILES string of the molecule is O=C(NC(=S)Nc1cccc(OCc2ccccc2)c1)c1cscc1Sc1ccc(Cl)cc1. The first-order chi connectivity index (χ1) is 16.1. The molecule has 0 atom stereocenters. The van der Waals surface area contributed by atoms with Crippen molar-refractivity contribution in [2.75, 3.05) is 5.32 Å². The summed E-state index contributed by atoms with van der Waals surface area (Å²) >= 11 is 14.3. The van der Waals surface area contributed by atoms with Crippen molar-refractivity contribution in [2.45, 2.75) is 16.4 Å². The molecule has 1 aromatic heterocycles. The van der Waals surface area contributed by atoms with Gasteiger partial charge in [-0.15, -0.1) is 0 Å². The number of carbonyl (C=O) groups excluding carboxylic acids is 1. The number of hydrogen-bond donors (Lipinski definition) is 2. The normalized spacial score (nSPS) is 10.5. The summed E-state index contributed by atoms with van der Waals surface area (Å²) in [7, 11) is 0. The minimum Gasteiger partial charge on any atom is -0.489 e. The van der Waals surface area contributed by atoms with Crippen LogP contribution in [0.25, 0.3) is 0 Å². The number of carbonyl (C=O) groups is 1. The van der Waals surface area contributed by atoms with E-state index in [9.17, 15) is 4.79 Å². The number of benzene rings is 3. The second kappa shape index (κ2) is 11.3. The third-order valence-corrected chi connectivity index (χ3v) is 6.89. The van der Waals surface area contributed by atoms with Crippen LogP contribution in [0.2, 0.25) is 5.02 Å². The predicted octanol–water partition coefficient (Wildman–Crippen LogP) is 7.26. The number of thiocarbonyl (C=S) groups is 1. The fourth-order valence-corrected chi connectivity index (χ4v) is 5.14. The van der Waals surface area contributed by atoms with Gasteiger partial charge in [0.25, 0.3) is 5.91 Å². The topological polar surface area (TPSA) is 50.4 Å². The number of nitrogens with one attached hydrogen (secondary N) is 2.